The summed E-state index contributed by atoms with van der Waals surface area (Å²) in [6, 6.07) is 3.52. The van der Waals surface area contributed by atoms with Crippen LogP contribution in [0.3, 0.4) is 0 Å². The molecule has 2 aromatic heterocycles. The number of nitrogens with one attached hydrogen (secondary N) is 1. The van der Waals surface area contributed by atoms with Gasteiger partial charge in [0, 0.05) is 13.0 Å². The number of rotatable bonds is 6. The summed E-state index contributed by atoms with van der Waals surface area (Å²) in [5.74, 6) is -0.497. The van der Waals surface area contributed by atoms with Crippen LogP contribution in [-0.4, -0.2) is 28.5 Å². The molecule has 6 nitrogen and oxygen atoms in total. The lowest BCUT2D eigenvalue weighted by molar-refractivity contribution is -0.137. The maximum absolute atomic E-state index is 11.8. The van der Waals surface area contributed by atoms with Crippen LogP contribution in [-0.2, 0) is 4.79 Å². The highest BCUT2D eigenvalue weighted by atomic mass is 32.1. The fourth-order valence-corrected chi connectivity index (χ4v) is 2.22. The lowest BCUT2D eigenvalue weighted by atomic mass is 10.3. The van der Waals surface area contributed by atoms with Crippen molar-refractivity contribution >= 4 is 23.2 Å². The third kappa shape index (κ3) is 3.65. The zero-order chi connectivity index (χ0) is 13.7. The highest BCUT2D eigenvalue weighted by Gasteiger charge is 2.12. The molecule has 0 fully saturated rings. The predicted octanol–water partition coefficient (Wildman–Crippen LogP) is 2.00. The second kappa shape index (κ2) is 6.14. The molecule has 2 heterocycles. The normalized spacial score (nSPS) is 10.3. The van der Waals surface area contributed by atoms with Crippen LogP contribution in [0.2, 0.25) is 0 Å². The van der Waals surface area contributed by atoms with E-state index in [-0.39, 0.29) is 12.3 Å². The first-order chi connectivity index (χ1) is 9.16. The van der Waals surface area contributed by atoms with Gasteiger partial charge in [-0.25, -0.2) is 4.98 Å². The van der Waals surface area contributed by atoms with E-state index in [9.17, 15) is 9.59 Å². The number of carbonyl (C=O) groups is 2. The fraction of sp³-hybridized carbons (Fsp3) is 0.250. The summed E-state index contributed by atoms with van der Waals surface area (Å²) in [6.45, 7) is 0.332. The Morgan fingerprint density at radius 2 is 2.32 bits per heavy atom. The van der Waals surface area contributed by atoms with Gasteiger partial charge in [-0.1, -0.05) is 0 Å². The van der Waals surface area contributed by atoms with Crippen molar-refractivity contribution in [3.8, 4) is 10.8 Å². The Bertz CT molecular complexity index is 562. The molecule has 0 saturated carbocycles. The fourth-order valence-electron chi connectivity index (χ4n) is 1.42. The molecule has 7 heteroatoms. The Hall–Kier alpha value is -2.15. The minimum absolute atomic E-state index is 0.0423. The summed E-state index contributed by atoms with van der Waals surface area (Å²) in [7, 11) is 0. The van der Waals surface area contributed by atoms with Crippen molar-refractivity contribution in [2.24, 2.45) is 0 Å². The van der Waals surface area contributed by atoms with E-state index in [2.05, 4.69) is 10.3 Å². The molecule has 0 aliphatic heterocycles. The third-order valence-corrected chi connectivity index (χ3v) is 3.33. The lowest BCUT2D eigenvalue weighted by Gasteiger charge is -2.00. The number of hydrogen-bond acceptors (Lipinski definition) is 5. The van der Waals surface area contributed by atoms with Gasteiger partial charge in [0.15, 0.2) is 10.8 Å². The van der Waals surface area contributed by atoms with Crippen molar-refractivity contribution < 1.29 is 19.1 Å². The molecule has 1 amide bonds. The van der Waals surface area contributed by atoms with Gasteiger partial charge in [0.1, 0.15) is 4.88 Å². The molecule has 100 valence electrons. The number of amides is 1. The quantitative estimate of drug-likeness (QED) is 0.789. The van der Waals surface area contributed by atoms with Gasteiger partial charge in [0.2, 0.25) is 0 Å². The van der Waals surface area contributed by atoms with Crippen molar-refractivity contribution in [2.45, 2.75) is 12.8 Å². The van der Waals surface area contributed by atoms with Crippen molar-refractivity contribution in [3.05, 3.63) is 29.5 Å². The maximum atomic E-state index is 11.8. The van der Waals surface area contributed by atoms with Gasteiger partial charge in [0.25, 0.3) is 5.91 Å². The van der Waals surface area contributed by atoms with E-state index in [1.165, 1.54) is 17.5 Å². The average Bonchev–Trinajstić information content (AvgIpc) is 3.03. The number of aromatic nitrogens is 1. The van der Waals surface area contributed by atoms with E-state index in [1.807, 2.05) is 0 Å². The molecule has 2 aromatic rings. The molecule has 2 rings (SSSR count). The lowest BCUT2D eigenvalue weighted by Crippen LogP contribution is -2.23. The number of hydrogen-bond donors (Lipinski definition) is 2. The third-order valence-electron chi connectivity index (χ3n) is 2.31. The van der Waals surface area contributed by atoms with E-state index in [0.29, 0.717) is 28.6 Å². The van der Waals surface area contributed by atoms with Crippen LogP contribution in [0.25, 0.3) is 10.8 Å². The molecule has 0 aliphatic rings. The van der Waals surface area contributed by atoms with Crippen molar-refractivity contribution in [1.82, 2.24) is 10.3 Å². The van der Waals surface area contributed by atoms with E-state index < -0.39 is 5.97 Å². The van der Waals surface area contributed by atoms with Gasteiger partial charge in [-0.2, -0.15) is 0 Å². The standard InChI is InChI=1S/C12H12N2O4S/c15-10(16)4-1-5-13-11(17)9-7-14-12(19-9)8-3-2-6-18-8/h2-3,6-7H,1,4-5H2,(H,13,17)(H,15,16). The van der Waals surface area contributed by atoms with E-state index in [1.54, 1.807) is 18.4 Å². The molecule has 0 aliphatic carbocycles. The first-order valence-corrected chi connectivity index (χ1v) is 6.48. The first kappa shape index (κ1) is 13.3. The summed E-state index contributed by atoms with van der Waals surface area (Å²) in [4.78, 5) is 26.7. The zero-order valence-corrected chi connectivity index (χ0v) is 10.8. The predicted molar refractivity (Wildman–Crippen MR) is 69.0 cm³/mol. The highest BCUT2D eigenvalue weighted by molar-refractivity contribution is 7.16. The Kier molecular flexibility index (Phi) is 4.30. The molecule has 0 saturated heterocycles. The van der Waals surface area contributed by atoms with Crippen LogP contribution in [0.5, 0.6) is 0 Å². The van der Waals surface area contributed by atoms with Crippen LogP contribution in [0.4, 0.5) is 0 Å². The molecular formula is C12H12N2O4S. The van der Waals surface area contributed by atoms with Crippen LogP contribution in [0, 0.1) is 0 Å². The molecular weight excluding hydrogens is 268 g/mol. The van der Waals surface area contributed by atoms with Gasteiger partial charge >= 0.3 is 5.97 Å². The van der Waals surface area contributed by atoms with Gasteiger partial charge in [-0.15, -0.1) is 11.3 Å². The van der Waals surface area contributed by atoms with Crippen LogP contribution in [0.15, 0.2) is 29.0 Å². The summed E-state index contributed by atoms with van der Waals surface area (Å²) in [6.07, 6.45) is 3.48. The Morgan fingerprint density at radius 1 is 1.47 bits per heavy atom. The van der Waals surface area contributed by atoms with Crippen LogP contribution >= 0.6 is 11.3 Å². The number of thiazole rings is 1. The van der Waals surface area contributed by atoms with Gasteiger partial charge in [-0.05, 0) is 18.6 Å². The summed E-state index contributed by atoms with van der Waals surface area (Å²) in [5, 5.41) is 11.8. The van der Waals surface area contributed by atoms with E-state index in [4.69, 9.17) is 9.52 Å². The van der Waals surface area contributed by atoms with Gasteiger partial charge in [0.05, 0.1) is 12.5 Å². The second-order valence-electron chi connectivity index (χ2n) is 3.76. The number of carboxylic acids is 1. The zero-order valence-electron chi connectivity index (χ0n) is 9.96. The Balaban J connectivity index is 1.88. The SMILES string of the molecule is O=C(O)CCCNC(=O)c1cnc(-c2ccco2)s1. The molecule has 19 heavy (non-hydrogen) atoms. The summed E-state index contributed by atoms with van der Waals surface area (Å²) in [5.41, 5.74) is 0. The van der Waals surface area contributed by atoms with Gasteiger partial charge < -0.3 is 14.8 Å². The van der Waals surface area contributed by atoms with Crippen molar-refractivity contribution in [1.29, 1.82) is 0 Å². The molecule has 0 unspecified atom stereocenters. The minimum Gasteiger partial charge on any atom is -0.481 e. The molecule has 0 atom stereocenters. The number of nitrogens with zero attached hydrogens (tertiary/aromatic N) is 1. The molecule has 0 bridgehead atoms. The largest absolute Gasteiger partial charge is 0.481 e. The highest BCUT2D eigenvalue weighted by Crippen LogP contribution is 2.25. The monoisotopic (exact) mass is 280 g/mol. The van der Waals surface area contributed by atoms with Crippen molar-refractivity contribution in [3.63, 3.8) is 0 Å². The Morgan fingerprint density at radius 3 is 3.00 bits per heavy atom. The number of carboxylic acid groups (broad SMARTS) is 1. The Labute approximate surface area is 113 Å². The topological polar surface area (TPSA) is 92.4 Å². The second-order valence-corrected chi connectivity index (χ2v) is 4.79. The molecule has 0 aromatic carbocycles. The molecule has 2 N–H and O–H groups in total. The summed E-state index contributed by atoms with van der Waals surface area (Å²) >= 11 is 1.23. The smallest absolute Gasteiger partial charge is 0.303 e. The minimum atomic E-state index is -0.868. The maximum Gasteiger partial charge on any atom is 0.303 e. The molecule has 0 radical (unpaired) electrons. The van der Waals surface area contributed by atoms with Crippen LogP contribution in [0.1, 0.15) is 22.5 Å². The number of aliphatic carboxylic acids is 1. The van der Waals surface area contributed by atoms with E-state index in [0.717, 1.165) is 0 Å². The first-order valence-electron chi connectivity index (χ1n) is 5.66. The summed E-state index contributed by atoms with van der Waals surface area (Å²) < 4.78 is 5.19. The average molecular weight is 280 g/mol. The van der Waals surface area contributed by atoms with E-state index >= 15 is 0 Å². The number of furan rings is 1. The van der Waals surface area contributed by atoms with Gasteiger partial charge in [-0.3, -0.25) is 9.59 Å². The molecule has 0 spiro atoms. The number of carbonyl (C=O) groups excluding carboxylic acids is 1. The van der Waals surface area contributed by atoms with Crippen LogP contribution < -0.4 is 5.32 Å². The van der Waals surface area contributed by atoms with Crippen molar-refractivity contribution in [2.75, 3.05) is 6.54 Å².